The second kappa shape index (κ2) is 7.63. The molecule has 1 aliphatic heterocycles. The Kier molecular flexibility index (Phi) is 5.57. The Balaban J connectivity index is 2.34. The van der Waals surface area contributed by atoms with Crippen LogP contribution in [0.1, 0.15) is 12.0 Å². The number of methoxy groups -OCH3 is 3. The van der Waals surface area contributed by atoms with Gasteiger partial charge in [-0.2, -0.15) is 0 Å². The van der Waals surface area contributed by atoms with E-state index in [9.17, 15) is 14.0 Å². The first-order chi connectivity index (χ1) is 11.5. The van der Waals surface area contributed by atoms with E-state index in [1.54, 1.807) is 6.08 Å². The van der Waals surface area contributed by atoms with Crippen molar-refractivity contribution in [2.75, 3.05) is 27.9 Å². The van der Waals surface area contributed by atoms with Crippen LogP contribution < -0.4 is 14.2 Å². The SMILES string of the molecule is COc1cc(/C=C(\F)C(=O)N2CCC=CC2=O)cc(OC)c1OC. The van der Waals surface area contributed by atoms with Crippen LogP contribution in [0, 0.1) is 0 Å². The van der Waals surface area contributed by atoms with Crippen molar-refractivity contribution in [1.82, 2.24) is 4.90 Å². The number of amides is 2. The average molecular weight is 335 g/mol. The molecule has 1 heterocycles. The number of benzene rings is 1. The molecular formula is C17H18FNO5. The molecule has 2 rings (SSSR count). The third-order valence-electron chi connectivity index (χ3n) is 3.48. The molecule has 1 aliphatic rings. The van der Waals surface area contributed by atoms with E-state index in [0.29, 0.717) is 29.2 Å². The summed E-state index contributed by atoms with van der Waals surface area (Å²) in [5.74, 6) is -1.52. The third kappa shape index (κ3) is 3.56. The molecule has 1 aromatic rings. The third-order valence-corrected chi connectivity index (χ3v) is 3.48. The zero-order chi connectivity index (χ0) is 17.7. The molecule has 1 aromatic carbocycles. The molecule has 0 aromatic heterocycles. The summed E-state index contributed by atoms with van der Waals surface area (Å²) in [7, 11) is 4.32. The van der Waals surface area contributed by atoms with Gasteiger partial charge < -0.3 is 14.2 Å². The molecule has 6 nitrogen and oxygen atoms in total. The van der Waals surface area contributed by atoms with Crippen LogP contribution >= 0.6 is 0 Å². The van der Waals surface area contributed by atoms with E-state index in [4.69, 9.17) is 14.2 Å². The van der Waals surface area contributed by atoms with Gasteiger partial charge in [0.2, 0.25) is 5.75 Å². The Hall–Kier alpha value is -2.83. The van der Waals surface area contributed by atoms with Crippen molar-refractivity contribution in [2.45, 2.75) is 6.42 Å². The van der Waals surface area contributed by atoms with E-state index in [1.165, 1.54) is 39.5 Å². The number of imide groups is 1. The van der Waals surface area contributed by atoms with E-state index in [0.717, 1.165) is 11.0 Å². The molecule has 0 saturated carbocycles. The number of hydrogen-bond donors (Lipinski definition) is 0. The van der Waals surface area contributed by atoms with Crippen LogP contribution in [0.3, 0.4) is 0 Å². The minimum Gasteiger partial charge on any atom is -0.493 e. The Morgan fingerprint density at radius 3 is 2.29 bits per heavy atom. The van der Waals surface area contributed by atoms with Gasteiger partial charge in [-0.15, -0.1) is 0 Å². The van der Waals surface area contributed by atoms with E-state index < -0.39 is 17.6 Å². The highest BCUT2D eigenvalue weighted by atomic mass is 19.1. The fourth-order valence-electron chi connectivity index (χ4n) is 2.31. The van der Waals surface area contributed by atoms with Gasteiger partial charge in [0.15, 0.2) is 17.3 Å². The van der Waals surface area contributed by atoms with Crippen molar-refractivity contribution < 1.29 is 28.2 Å². The van der Waals surface area contributed by atoms with Crippen molar-refractivity contribution >= 4 is 17.9 Å². The molecule has 7 heteroatoms. The molecule has 0 aliphatic carbocycles. The van der Waals surface area contributed by atoms with Gasteiger partial charge in [-0.05, 0) is 36.3 Å². The lowest BCUT2D eigenvalue weighted by Gasteiger charge is -2.20. The molecule has 0 unspecified atom stereocenters. The molecule has 0 spiro atoms. The van der Waals surface area contributed by atoms with Crippen LogP contribution in [0.4, 0.5) is 4.39 Å². The lowest BCUT2D eigenvalue weighted by atomic mass is 10.1. The Bertz CT molecular complexity index is 686. The standard InChI is InChI=1S/C17H18FNO5/c1-22-13-9-11(10-14(23-2)16(13)24-3)8-12(18)17(21)19-7-5-4-6-15(19)20/h4,6,8-10H,5,7H2,1-3H3/b12-8-. The van der Waals surface area contributed by atoms with Crippen molar-refractivity contribution in [3.05, 3.63) is 35.7 Å². The second-order valence-electron chi connectivity index (χ2n) is 4.94. The van der Waals surface area contributed by atoms with Gasteiger partial charge in [0.1, 0.15) is 0 Å². The normalized spacial score (nSPS) is 14.6. The van der Waals surface area contributed by atoms with E-state index in [-0.39, 0.29) is 6.54 Å². The molecular weight excluding hydrogens is 317 g/mol. The van der Waals surface area contributed by atoms with Gasteiger partial charge in [0.25, 0.3) is 11.8 Å². The number of halogens is 1. The van der Waals surface area contributed by atoms with E-state index in [2.05, 4.69) is 0 Å². The number of ether oxygens (including phenoxy) is 3. The lowest BCUT2D eigenvalue weighted by Crippen LogP contribution is -2.38. The van der Waals surface area contributed by atoms with Crippen LogP contribution in [0.25, 0.3) is 6.08 Å². The van der Waals surface area contributed by atoms with E-state index >= 15 is 0 Å². The topological polar surface area (TPSA) is 65.1 Å². The Labute approximate surface area is 139 Å². The van der Waals surface area contributed by atoms with Crippen LogP contribution in [0.2, 0.25) is 0 Å². The summed E-state index contributed by atoms with van der Waals surface area (Å²) in [6, 6.07) is 3.01. The van der Waals surface area contributed by atoms with Crippen LogP contribution in [-0.4, -0.2) is 44.6 Å². The molecule has 0 N–H and O–H groups in total. The maximum absolute atomic E-state index is 14.3. The summed E-state index contributed by atoms with van der Waals surface area (Å²) in [4.78, 5) is 24.6. The van der Waals surface area contributed by atoms with Gasteiger partial charge in [-0.3, -0.25) is 14.5 Å². The first-order valence-corrected chi connectivity index (χ1v) is 7.21. The van der Waals surface area contributed by atoms with Gasteiger partial charge >= 0.3 is 0 Å². The van der Waals surface area contributed by atoms with Gasteiger partial charge in [0, 0.05) is 6.54 Å². The van der Waals surface area contributed by atoms with Gasteiger partial charge in [-0.1, -0.05) is 6.08 Å². The monoisotopic (exact) mass is 335 g/mol. The fraction of sp³-hybridized carbons (Fsp3) is 0.294. The number of carbonyl (C=O) groups is 2. The largest absolute Gasteiger partial charge is 0.493 e. The van der Waals surface area contributed by atoms with Crippen molar-refractivity contribution in [3.63, 3.8) is 0 Å². The summed E-state index contributed by atoms with van der Waals surface area (Å²) in [6.45, 7) is 0.157. The number of rotatable bonds is 5. The fourth-order valence-corrected chi connectivity index (χ4v) is 2.31. The molecule has 2 amide bonds. The first-order valence-electron chi connectivity index (χ1n) is 7.21. The van der Waals surface area contributed by atoms with E-state index in [1.807, 2.05) is 0 Å². The molecule has 0 radical (unpaired) electrons. The molecule has 0 saturated heterocycles. The summed E-state index contributed by atoms with van der Waals surface area (Å²) < 4.78 is 29.8. The number of carbonyl (C=O) groups excluding carboxylic acids is 2. The van der Waals surface area contributed by atoms with Crippen molar-refractivity contribution in [1.29, 1.82) is 0 Å². The van der Waals surface area contributed by atoms with Gasteiger partial charge in [0.05, 0.1) is 21.3 Å². The molecule has 24 heavy (non-hydrogen) atoms. The quantitative estimate of drug-likeness (QED) is 0.773. The highest BCUT2D eigenvalue weighted by Crippen LogP contribution is 2.38. The first kappa shape index (κ1) is 17.5. The molecule has 0 atom stereocenters. The summed E-state index contributed by atoms with van der Waals surface area (Å²) in [5, 5.41) is 0. The average Bonchev–Trinajstić information content (AvgIpc) is 2.60. The van der Waals surface area contributed by atoms with Crippen molar-refractivity contribution in [3.8, 4) is 17.2 Å². The maximum atomic E-state index is 14.3. The zero-order valence-corrected chi connectivity index (χ0v) is 13.7. The van der Waals surface area contributed by atoms with Crippen LogP contribution in [0.5, 0.6) is 17.2 Å². The summed E-state index contributed by atoms with van der Waals surface area (Å²) >= 11 is 0. The Morgan fingerprint density at radius 2 is 1.79 bits per heavy atom. The van der Waals surface area contributed by atoms with Crippen molar-refractivity contribution in [2.24, 2.45) is 0 Å². The smallest absolute Gasteiger partial charge is 0.289 e. The van der Waals surface area contributed by atoms with Crippen LogP contribution in [-0.2, 0) is 9.59 Å². The predicted molar refractivity (Wildman–Crippen MR) is 85.7 cm³/mol. The second-order valence-corrected chi connectivity index (χ2v) is 4.94. The van der Waals surface area contributed by atoms with Crippen LogP contribution in [0.15, 0.2) is 30.1 Å². The maximum Gasteiger partial charge on any atom is 0.289 e. The zero-order valence-electron chi connectivity index (χ0n) is 13.7. The summed E-state index contributed by atoms with van der Waals surface area (Å²) in [5.41, 5.74) is 0.343. The van der Waals surface area contributed by atoms with Gasteiger partial charge in [-0.25, -0.2) is 4.39 Å². The molecule has 0 bridgehead atoms. The lowest BCUT2D eigenvalue weighted by molar-refractivity contribution is -0.140. The highest BCUT2D eigenvalue weighted by Gasteiger charge is 2.25. The Morgan fingerprint density at radius 1 is 1.17 bits per heavy atom. The minimum atomic E-state index is -1.05. The predicted octanol–water partition coefficient (Wildman–Crippen LogP) is 2.34. The highest BCUT2D eigenvalue weighted by molar-refractivity contribution is 6.08. The number of nitrogens with zero attached hydrogens (tertiary/aromatic N) is 1. The molecule has 128 valence electrons. The number of hydrogen-bond acceptors (Lipinski definition) is 5. The minimum absolute atomic E-state index is 0.157. The molecule has 0 fully saturated rings. The summed E-state index contributed by atoms with van der Waals surface area (Å²) in [6.07, 6.45) is 4.44.